The summed E-state index contributed by atoms with van der Waals surface area (Å²) in [6.45, 7) is 2.77. The zero-order valence-electron chi connectivity index (χ0n) is 23.7. The number of carboxylic acid groups (broad SMARTS) is 1. The molecule has 8 rings (SSSR count). The number of aryl methyl sites for hydroxylation is 1. The molecule has 5 aromatic rings. The van der Waals surface area contributed by atoms with E-state index < -0.39 is 23.4 Å². The van der Waals surface area contributed by atoms with Crippen LogP contribution in [0.25, 0.3) is 22.3 Å². The van der Waals surface area contributed by atoms with Crippen molar-refractivity contribution >= 4 is 17.0 Å². The van der Waals surface area contributed by atoms with Crippen molar-refractivity contribution in [3.05, 3.63) is 106 Å². The zero-order valence-corrected chi connectivity index (χ0v) is 23.7. The van der Waals surface area contributed by atoms with Crippen LogP contribution in [-0.2, 0) is 24.3 Å². The highest BCUT2D eigenvalue weighted by Crippen LogP contribution is 2.49. The second kappa shape index (κ2) is 10.7. The number of aromatic nitrogens is 4. The predicted molar refractivity (Wildman–Crippen MR) is 154 cm³/mol. The number of fused-ring (bicyclic) bond motifs is 2. The van der Waals surface area contributed by atoms with E-state index >= 15 is 8.78 Å². The highest BCUT2D eigenvalue weighted by atomic mass is 19.1. The van der Waals surface area contributed by atoms with Gasteiger partial charge in [0.1, 0.15) is 29.9 Å². The molecular weight excluding hydrogens is 573 g/mol. The van der Waals surface area contributed by atoms with E-state index in [9.17, 15) is 14.3 Å². The first-order chi connectivity index (χ1) is 21.2. The Labute approximate surface area is 250 Å². The Kier molecular flexibility index (Phi) is 6.84. The standard InChI is InChI=1S/C33H27F3N4O4/c1-18-2-3-21(24(34)8-18)16-43-32-37-7-6-27(39-32)23-12-25(35)22(9-26(23)36)11-30-38-28-5-4-20(31(41)42)10-29(28)40(30)17-33-13-19(14-33)15-44-33/h2-10,12,19H,11,13-17H2,1H3,(H,41,42). The minimum absolute atomic E-state index is 0.0279. The van der Waals surface area contributed by atoms with Crippen molar-refractivity contribution < 1.29 is 32.5 Å². The molecule has 0 unspecified atom stereocenters. The van der Waals surface area contributed by atoms with E-state index in [0.29, 0.717) is 41.5 Å². The van der Waals surface area contributed by atoms with Gasteiger partial charge >= 0.3 is 12.0 Å². The summed E-state index contributed by atoms with van der Waals surface area (Å²) in [4.78, 5) is 24.6. The van der Waals surface area contributed by atoms with Crippen molar-refractivity contribution in [2.75, 3.05) is 6.61 Å². The molecular formula is C33H27F3N4O4. The Balaban J connectivity index is 1.17. The minimum Gasteiger partial charge on any atom is -0.478 e. The summed E-state index contributed by atoms with van der Waals surface area (Å²) in [7, 11) is 0. The molecule has 1 N–H and O–H groups in total. The summed E-state index contributed by atoms with van der Waals surface area (Å²) in [5, 5.41) is 9.55. The molecule has 8 nitrogen and oxygen atoms in total. The first-order valence-electron chi connectivity index (χ1n) is 14.2. The Bertz CT molecular complexity index is 1930. The number of carbonyl (C=O) groups is 1. The number of hydrogen-bond acceptors (Lipinski definition) is 6. The van der Waals surface area contributed by atoms with Gasteiger partial charge < -0.3 is 19.1 Å². The maximum absolute atomic E-state index is 15.6. The fourth-order valence-corrected chi connectivity index (χ4v) is 6.16. The first-order valence-corrected chi connectivity index (χ1v) is 14.2. The molecule has 224 valence electrons. The van der Waals surface area contributed by atoms with Crippen molar-refractivity contribution in [2.45, 2.75) is 44.9 Å². The van der Waals surface area contributed by atoms with Crippen molar-refractivity contribution in [1.29, 1.82) is 0 Å². The number of rotatable bonds is 9. The number of hydrogen-bond donors (Lipinski definition) is 1. The summed E-state index contributed by atoms with van der Waals surface area (Å²) < 4.78 is 58.7. The Morgan fingerprint density at radius 3 is 2.59 bits per heavy atom. The van der Waals surface area contributed by atoms with Crippen LogP contribution in [0, 0.1) is 30.3 Å². The molecule has 1 saturated carbocycles. The summed E-state index contributed by atoms with van der Waals surface area (Å²) >= 11 is 0. The SMILES string of the molecule is Cc1ccc(COc2nccc(-c3cc(F)c(Cc4nc5ccc(C(=O)O)cc5n4CC45CC(CO4)C5)cc3F)n2)c(F)c1. The van der Waals surface area contributed by atoms with E-state index in [4.69, 9.17) is 9.47 Å². The zero-order chi connectivity index (χ0) is 30.6. The van der Waals surface area contributed by atoms with Gasteiger partial charge in [0, 0.05) is 23.7 Å². The van der Waals surface area contributed by atoms with Crippen LogP contribution in [0.2, 0.25) is 0 Å². The van der Waals surface area contributed by atoms with Crippen LogP contribution in [0.3, 0.4) is 0 Å². The van der Waals surface area contributed by atoms with Crippen LogP contribution < -0.4 is 4.74 Å². The third-order valence-electron chi connectivity index (χ3n) is 8.43. The average molecular weight is 601 g/mol. The molecule has 2 aromatic heterocycles. The van der Waals surface area contributed by atoms with Crippen LogP contribution in [0.1, 0.15) is 45.7 Å². The molecule has 3 aromatic carbocycles. The van der Waals surface area contributed by atoms with Gasteiger partial charge in [0.2, 0.25) is 0 Å². The van der Waals surface area contributed by atoms with Crippen LogP contribution in [0.4, 0.5) is 13.2 Å². The minimum atomic E-state index is -1.07. The van der Waals surface area contributed by atoms with Gasteiger partial charge in [-0.25, -0.2) is 27.9 Å². The van der Waals surface area contributed by atoms with Crippen molar-refractivity contribution in [3.8, 4) is 17.3 Å². The van der Waals surface area contributed by atoms with Gasteiger partial charge in [-0.1, -0.05) is 12.1 Å². The molecule has 0 amide bonds. The van der Waals surface area contributed by atoms with E-state index in [1.165, 1.54) is 24.4 Å². The number of aromatic carboxylic acids is 1. The second-order valence-electron chi connectivity index (χ2n) is 11.6. The van der Waals surface area contributed by atoms with E-state index in [2.05, 4.69) is 15.0 Å². The van der Waals surface area contributed by atoms with Gasteiger partial charge in [0.15, 0.2) is 0 Å². The molecule has 0 radical (unpaired) electrons. The maximum Gasteiger partial charge on any atom is 0.335 e. The second-order valence-corrected chi connectivity index (χ2v) is 11.6. The maximum atomic E-state index is 15.6. The number of carboxylic acids is 1. The molecule has 0 atom stereocenters. The number of ether oxygens (including phenoxy) is 2. The smallest absolute Gasteiger partial charge is 0.335 e. The van der Waals surface area contributed by atoms with E-state index in [1.54, 1.807) is 31.2 Å². The third-order valence-corrected chi connectivity index (χ3v) is 8.43. The third kappa shape index (κ3) is 5.17. The number of imidazole rings is 1. The van der Waals surface area contributed by atoms with Gasteiger partial charge in [0.25, 0.3) is 0 Å². The van der Waals surface area contributed by atoms with Gasteiger partial charge in [-0.2, -0.15) is 4.98 Å². The summed E-state index contributed by atoms with van der Waals surface area (Å²) in [6.07, 6.45) is 3.12. The molecule has 0 spiro atoms. The Hall–Kier alpha value is -4.77. The topological polar surface area (TPSA) is 99.4 Å². The summed E-state index contributed by atoms with van der Waals surface area (Å²) in [6, 6.07) is 12.9. The number of nitrogens with zero attached hydrogens (tertiary/aromatic N) is 4. The van der Waals surface area contributed by atoms with Crippen LogP contribution in [-0.4, -0.2) is 42.8 Å². The van der Waals surface area contributed by atoms with Crippen molar-refractivity contribution in [1.82, 2.24) is 19.5 Å². The molecule has 4 heterocycles. The number of halogens is 3. The Morgan fingerprint density at radius 2 is 1.84 bits per heavy atom. The van der Waals surface area contributed by atoms with Crippen LogP contribution in [0.5, 0.6) is 6.01 Å². The van der Waals surface area contributed by atoms with Crippen LogP contribution in [0.15, 0.2) is 60.8 Å². The fraction of sp³-hybridized carbons (Fsp3) is 0.273. The monoisotopic (exact) mass is 600 g/mol. The Morgan fingerprint density at radius 1 is 1.02 bits per heavy atom. The van der Waals surface area contributed by atoms with Crippen molar-refractivity contribution in [3.63, 3.8) is 0 Å². The molecule has 2 saturated heterocycles. The normalized spacial score (nSPS) is 18.9. The largest absolute Gasteiger partial charge is 0.478 e. The highest BCUT2D eigenvalue weighted by molar-refractivity contribution is 5.92. The summed E-state index contributed by atoms with van der Waals surface area (Å²) in [5.74, 6) is -1.86. The quantitative estimate of drug-likeness (QED) is 0.213. The van der Waals surface area contributed by atoms with E-state index in [1.807, 2.05) is 4.57 Å². The molecule has 11 heteroatoms. The van der Waals surface area contributed by atoms with Gasteiger partial charge in [-0.05, 0) is 79.3 Å². The molecule has 2 bridgehead atoms. The average Bonchev–Trinajstić information content (AvgIpc) is 3.68. The summed E-state index contributed by atoms with van der Waals surface area (Å²) in [5.41, 5.74) is 2.10. The molecule has 3 aliphatic rings. The van der Waals surface area contributed by atoms with Gasteiger partial charge in [-0.15, -0.1) is 0 Å². The molecule has 44 heavy (non-hydrogen) atoms. The van der Waals surface area contributed by atoms with Crippen molar-refractivity contribution in [2.24, 2.45) is 5.92 Å². The van der Waals surface area contributed by atoms with Gasteiger partial charge in [0.05, 0.1) is 41.0 Å². The van der Waals surface area contributed by atoms with Gasteiger partial charge in [-0.3, -0.25) is 0 Å². The lowest BCUT2D eigenvalue weighted by molar-refractivity contribution is -0.0132. The van der Waals surface area contributed by atoms with Crippen LogP contribution >= 0.6 is 0 Å². The lowest BCUT2D eigenvalue weighted by Gasteiger charge is -2.36. The lowest BCUT2D eigenvalue weighted by atomic mass is 9.74. The van der Waals surface area contributed by atoms with E-state index in [0.717, 1.165) is 30.5 Å². The number of benzene rings is 3. The lowest BCUT2D eigenvalue weighted by Crippen LogP contribution is -2.41. The molecule has 1 aliphatic carbocycles. The highest BCUT2D eigenvalue weighted by Gasteiger charge is 2.52. The van der Waals surface area contributed by atoms with E-state index in [-0.39, 0.29) is 47.0 Å². The fourth-order valence-electron chi connectivity index (χ4n) is 6.16. The first kappa shape index (κ1) is 28.0. The predicted octanol–water partition coefficient (Wildman–Crippen LogP) is 6.27. The molecule has 2 aliphatic heterocycles. The molecule has 3 fully saturated rings.